The first kappa shape index (κ1) is 13.3. The van der Waals surface area contributed by atoms with E-state index in [2.05, 4.69) is 6.58 Å². The highest BCUT2D eigenvalue weighted by atomic mass is 16.6. The molecule has 1 fully saturated rings. The van der Waals surface area contributed by atoms with Crippen molar-refractivity contribution in [1.29, 1.82) is 0 Å². The van der Waals surface area contributed by atoms with E-state index < -0.39 is 11.7 Å². The van der Waals surface area contributed by atoms with Gasteiger partial charge in [-0.1, -0.05) is 36.4 Å². The Kier molecular flexibility index (Phi) is 4.17. The van der Waals surface area contributed by atoms with Gasteiger partial charge >= 0.3 is 0 Å². The lowest BCUT2D eigenvalue weighted by Gasteiger charge is -2.10. The molecule has 3 heteroatoms. The van der Waals surface area contributed by atoms with Gasteiger partial charge in [-0.25, -0.2) is 0 Å². The summed E-state index contributed by atoms with van der Waals surface area (Å²) in [7, 11) is 0. The van der Waals surface area contributed by atoms with Crippen molar-refractivity contribution in [3.05, 3.63) is 48.6 Å². The molecule has 0 bridgehead atoms. The van der Waals surface area contributed by atoms with Gasteiger partial charge in [0.1, 0.15) is 11.7 Å². The molecule has 98 valence electrons. The van der Waals surface area contributed by atoms with Crippen molar-refractivity contribution in [2.75, 3.05) is 6.61 Å². The Bertz CT molecular complexity index is 390. The minimum absolute atomic E-state index is 0.0706. The lowest BCUT2D eigenvalue weighted by molar-refractivity contribution is 0.112. The van der Waals surface area contributed by atoms with Gasteiger partial charge in [0.05, 0.1) is 12.7 Å². The molecule has 1 unspecified atom stereocenters. The van der Waals surface area contributed by atoms with Crippen LogP contribution in [0.25, 0.3) is 0 Å². The summed E-state index contributed by atoms with van der Waals surface area (Å²) in [6, 6.07) is 10.1. The SMILES string of the molecule is C=CC(O)[C@]1(C)O[C@H]1CCOCc1ccccc1. The smallest absolute Gasteiger partial charge is 0.121 e. The summed E-state index contributed by atoms with van der Waals surface area (Å²) in [5.74, 6) is 0. The van der Waals surface area contributed by atoms with Gasteiger partial charge in [0.2, 0.25) is 0 Å². The van der Waals surface area contributed by atoms with Gasteiger partial charge in [0, 0.05) is 6.61 Å². The third-order valence-corrected chi connectivity index (χ3v) is 3.42. The molecule has 18 heavy (non-hydrogen) atoms. The van der Waals surface area contributed by atoms with Gasteiger partial charge in [-0.05, 0) is 18.9 Å². The average molecular weight is 248 g/mol. The first-order valence-electron chi connectivity index (χ1n) is 6.27. The first-order valence-corrected chi connectivity index (χ1v) is 6.27. The Hall–Kier alpha value is -1.16. The van der Waals surface area contributed by atoms with E-state index in [0.29, 0.717) is 13.2 Å². The van der Waals surface area contributed by atoms with Crippen LogP contribution in [0.4, 0.5) is 0 Å². The third-order valence-electron chi connectivity index (χ3n) is 3.42. The third kappa shape index (κ3) is 2.99. The second-order valence-corrected chi connectivity index (χ2v) is 4.80. The molecular weight excluding hydrogens is 228 g/mol. The highest BCUT2D eigenvalue weighted by Crippen LogP contribution is 2.41. The van der Waals surface area contributed by atoms with Crippen molar-refractivity contribution in [2.24, 2.45) is 0 Å². The molecule has 1 N–H and O–H groups in total. The maximum Gasteiger partial charge on any atom is 0.121 e. The number of epoxide rings is 1. The van der Waals surface area contributed by atoms with E-state index in [1.165, 1.54) is 11.6 Å². The zero-order valence-corrected chi connectivity index (χ0v) is 10.7. The lowest BCUT2D eigenvalue weighted by Crippen LogP contribution is -2.27. The van der Waals surface area contributed by atoms with E-state index in [4.69, 9.17) is 9.47 Å². The van der Waals surface area contributed by atoms with E-state index in [1.807, 2.05) is 37.3 Å². The van der Waals surface area contributed by atoms with Crippen molar-refractivity contribution in [1.82, 2.24) is 0 Å². The minimum Gasteiger partial charge on any atom is -0.386 e. The predicted octanol–water partition coefficient (Wildman–Crippen LogP) is 2.30. The first-order chi connectivity index (χ1) is 8.66. The van der Waals surface area contributed by atoms with Crippen molar-refractivity contribution in [2.45, 2.75) is 37.8 Å². The highest BCUT2D eigenvalue weighted by Gasteiger charge is 2.55. The van der Waals surface area contributed by atoms with Crippen LogP contribution in [0.3, 0.4) is 0 Å². The molecule has 0 aromatic heterocycles. The molecule has 3 atom stereocenters. The number of benzene rings is 1. The van der Waals surface area contributed by atoms with Crippen LogP contribution in [0, 0.1) is 0 Å². The highest BCUT2D eigenvalue weighted by molar-refractivity contribution is 5.13. The van der Waals surface area contributed by atoms with Crippen molar-refractivity contribution in [3.63, 3.8) is 0 Å². The van der Waals surface area contributed by atoms with E-state index in [-0.39, 0.29) is 6.10 Å². The van der Waals surface area contributed by atoms with Crippen molar-refractivity contribution in [3.8, 4) is 0 Å². The quantitative estimate of drug-likeness (QED) is 0.457. The van der Waals surface area contributed by atoms with Crippen LogP contribution in [0.15, 0.2) is 43.0 Å². The number of hydrogen-bond acceptors (Lipinski definition) is 3. The van der Waals surface area contributed by atoms with Crippen LogP contribution < -0.4 is 0 Å². The molecule has 0 aliphatic carbocycles. The minimum atomic E-state index is -0.600. The Morgan fingerprint density at radius 2 is 2.22 bits per heavy atom. The monoisotopic (exact) mass is 248 g/mol. The Balaban J connectivity index is 1.65. The van der Waals surface area contributed by atoms with E-state index in [9.17, 15) is 5.11 Å². The van der Waals surface area contributed by atoms with E-state index in [1.54, 1.807) is 0 Å². The van der Waals surface area contributed by atoms with Gasteiger partial charge in [0.15, 0.2) is 0 Å². The maximum absolute atomic E-state index is 9.68. The maximum atomic E-state index is 9.68. The fourth-order valence-corrected chi connectivity index (χ4v) is 2.07. The zero-order chi connectivity index (χ0) is 13.0. The summed E-state index contributed by atoms with van der Waals surface area (Å²) in [5, 5.41) is 9.68. The van der Waals surface area contributed by atoms with Gasteiger partial charge in [-0.3, -0.25) is 0 Å². The van der Waals surface area contributed by atoms with Crippen molar-refractivity contribution >= 4 is 0 Å². The summed E-state index contributed by atoms with van der Waals surface area (Å²) >= 11 is 0. The van der Waals surface area contributed by atoms with Crippen molar-refractivity contribution < 1.29 is 14.6 Å². The molecular formula is C15H20O3. The summed E-state index contributed by atoms with van der Waals surface area (Å²) in [6.07, 6.45) is 1.79. The Morgan fingerprint density at radius 1 is 1.50 bits per heavy atom. The average Bonchev–Trinajstić information content (AvgIpc) is 3.07. The molecule has 1 aromatic rings. The summed E-state index contributed by atoms with van der Waals surface area (Å²) < 4.78 is 11.1. The molecule has 0 amide bonds. The normalized spacial score (nSPS) is 27.8. The van der Waals surface area contributed by atoms with Crippen LogP contribution in [-0.2, 0) is 16.1 Å². The van der Waals surface area contributed by atoms with Crippen LogP contribution >= 0.6 is 0 Å². The fourth-order valence-electron chi connectivity index (χ4n) is 2.07. The molecule has 1 aromatic carbocycles. The molecule has 0 saturated carbocycles. The van der Waals surface area contributed by atoms with E-state index in [0.717, 1.165) is 6.42 Å². The number of aliphatic hydroxyl groups excluding tert-OH is 1. The summed E-state index contributed by atoms with van der Waals surface area (Å²) in [6.45, 7) is 6.74. The topological polar surface area (TPSA) is 42.0 Å². The molecule has 1 aliphatic heterocycles. The lowest BCUT2D eigenvalue weighted by atomic mass is 9.99. The molecule has 3 nitrogen and oxygen atoms in total. The second kappa shape index (κ2) is 5.65. The van der Waals surface area contributed by atoms with Gasteiger partial charge < -0.3 is 14.6 Å². The number of ether oxygens (including phenoxy) is 2. The largest absolute Gasteiger partial charge is 0.386 e. The Labute approximate surface area is 108 Å². The van der Waals surface area contributed by atoms with Gasteiger partial charge in [0.25, 0.3) is 0 Å². The van der Waals surface area contributed by atoms with Crippen LogP contribution in [-0.4, -0.2) is 29.5 Å². The van der Waals surface area contributed by atoms with Crippen LogP contribution in [0.2, 0.25) is 0 Å². The Morgan fingerprint density at radius 3 is 2.89 bits per heavy atom. The fraction of sp³-hybridized carbons (Fsp3) is 0.467. The van der Waals surface area contributed by atoms with Crippen LogP contribution in [0.1, 0.15) is 18.9 Å². The van der Waals surface area contributed by atoms with Gasteiger partial charge in [-0.2, -0.15) is 0 Å². The van der Waals surface area contributed by atoms with Crippen LogP contribution in [0.5, 0.6) is 0 Å². The molecule has 2 rings (SSSR count). The number of aliphatic hydroxyl groups is 1. The molecule has 1 saturated heterocycles. The molecule has 0 radical (unpaired) electrons. The predicted molar refractivity (Wildman–Crippen MR) is 70.2 cm³/mol. The van der Waals surface area contributed by atoms with Gasteiger partial charge in [-0.15, -0.1) is 6.58 Å². The number of rotatable bonds is 7. The standard InChI is InChI=1S/C15H20O3/c1-3-13(16)15(2)14(18-15)9-10-17-11-12-7-5-4-6-8-12/h3-8,13-14,16H,1,9-11H2,2H3/t13?,14-,15-/m0/s1. The summed E-state index contributed by atoms with van der Waals surface area (Å²) in [5.41, 5.74) is 0.709. The van der Waals surface area contributed by atoms with E-state index >= 15 is 0 Å². The molecule has 1 heterocycles. The second-order valence-electron chi connectivity index (χ2n) is 4.80. The molecule has 0 spiro atoms. The number of hydrogen-bond donors (Lipinski definition) is 1. The zero-order valence-electron chi connectivity index (χ0n) is 10.7. The summed E-state index contributed by atoms with van der Waals surface area (Å²) in [4.78, 5) is 0. The molecule has 1 aliphatic rings.